The molecular weight excluding hydrogens is 342 g/mol. The van der Waals surface area contributed by atoms with Crippen LogP contribution in [0.3, 0.4) is 0 Å². The van der Waals surface area contributed by atoms with Gasteiger partial charge >= 0.3 is 6.03 Å². The second-order valence-electron chi connectivity index (χ2n) is 7.37. The number of hydrogen-bond donors (Lipinski definition) is 1. The number of aromatic nitrogens is 2. The Morgan fingerprint density at radius 3 is 2.41 bits per heavy atom. The highest BCUT2D eigenvalue weighted by Gasteiger charge is 2.35. The molecule has 1 saturated carbocycles. The number of piperazine rings is 1. The average Bonchev–Trinajstić information content (AvgIpc) is 3.46. The summed E-state index contributed by atoms with van der Waals surface area (Å²) in [6.45, 7) is 4.40. The SMILES string of the molecule is Cc1ccccc1-c1cc(NC(=O)N2CCN(C(=O)C3CC3)CC2)n(C)n1. The van der Waals surface area contributed by atoms with Gasteiger partial charge in [-0.3, -0.25) is 14.8 Å². The number of carbonyl (C=O) groups excluding carboxylic acids is 2. The van der Waals surface area contributed by atoms with Gasteiger partial charge in [0.2, 0.25) is 5.91 Å². The lowest BCUT2D eigenvalue weighted by Crippen LogP contribution is -2.52. The van der Waals surface area contributed by atoms with E-state index in [0.717, 1.165) is 29.7 Å². The van der Waals surface area contributed by atoms with Gasteiger partial charge < -0.3 is 9.80 Å². The number of benzene rings is 1. The van der Waals surface area contributed by atoms with Crippen LogP contribution >= 0.6 is 0 Å². The summed E-state index contributed by atoms with van der Waals surface area (Å²) in [5, 5.41) is 7.48. The van der Waals surface area contributed by atoms with Crippen LogP contribution in [0, 0.1) is 12.8 Å². The molecule has 0 atom stereocenters. The van der Waals surface area contributed by atoms with Crippen LogP contribution in [0.5, 0.6) is 0 Å². The van der Waals surface area contributed by atoms with Crippen LogP contribution in [-0.4, -0.2) is 57.7 Å². The summed E-state index contributed by atoms with van der Waals surface area (Å²) in [7, 11) is 1.82. The molecule has 1 aromatic carbocycles. The maximum atomic E-state index is 12.6. The minimum Gasteiger partial charge on any atom is -0.339 e. The first kappa shape index (κ1) is 17.6. The summed E-state index contributed by atoms with van der Waals surface area (Å²) in [5.74, 6) is 1.15. The molecule has 1 aromatic heterocycles. The van der Waals surface area contributed by atoms with Crippen molar-refractivity contribution in [3.05, 3.63) is 35.9 Å². The molecule has 1 N–H and O–H groups in total. The lowest BCUT2D eigenvalue weighted by molar-refractivity contribution is -0.133. The first-order chi connectivity index (χ1) is 13.0. The van der Waals surface area contributed by atoms with Gasteiger partial charge in [0.05, 0.1) is 5.69 Å². The minimum atomic E-state index is -0.146. The zero-order valence-electron chi connectivity index (χ0n) is 15.8. The Bertz CT molecular complexity index is 863. The Hall–Kier alpha value is -2.83. The van der Waals surface area contributed by atoms with Gasteiger partial charge in [-0.1, -0.05) is 24.3 Å². The number of rotatable bonds is 3. The fourth-order valence-corrected chi connectivity index (χ4v) is 3.48. The Labute approximate surface area is 158 Å². The van der Waals surface area contributed by atoms with Gasteiger partial charge in [0.1, 0.15) is 5.82 Å². The number of anilines is 1. The van der Waals surface area contributed by atoms with Crippen molar-refractivity contribution in [1.29, 1.82) is 0 Å². The first-order valence-corrected chi connectivity index (χ1v) is 9.47. The number of nitrogens with one attached hydrogen (secondary N) is 1. The van der Waals surface area contributed by atoms with Gasteiger partial charge in [-0.25, -0.2) is 4.79 Å². The smallest absolute Gasteiger partial charge is 0.323 e. The topological polar surface area (TPSA) is 70.5 Å². The van der Waals surface area contributed by atoms with E-state index in [0.29, 0.717) is 32.0 Å². The molecule has 3 amide bonds. The lowest BCUT2D eigenvalue weighted by Gasteiger charge is -2.34. The maximum absolute atomic E-state index is 12.6. The molecule has 2 aliphatic rings. The summed E-state index contributed by atoms with van der Waals surface area (Å²) in [6, 6.07) is 9.81. The van der Waals surface area contributed by atoms with Crippen molar-refractivity contribution in [2.75, 3.05) is 31.5 Å². The third kappa shape index (κ3) is 3.67. The Balaban J connectivity index is 1.39. The molecule has 1 aliphatic heterocycles. The molecule has 7 nitrogen and oxygen atoms in total. The van der Waals surface area contributed by atoms with Crippen molar-refractivity contribution in [1.82, 2.24) is 19.6 Å². The largest absolute Gasteiger partial charge is 0.339 e. The van der Waals surface area contributed by atoms with Gasteiger partial charge in [0, 0.05) is 50.8 Å². The van der Waals surface area contributed by atoms with E-state index in [2.05, 4.69) is 10.4 Å². The molecule has 0 unspecified atom stereocenters. The average molecular weight is 367 g/mol. The fourth-order valence-electron chi connectivity index (χ4n) is 3.48. The number of carbonyl (C=O) groups is 2. The predicted octanol–water partition coefficient (Wildman–Crippen LogP) is 2.48. The molecule has 2 aromatic rings. The van der Waals surface area contributed by atoms with Crippen molar-refractivity contribution in [2.24, 2.45) is 13.0 Å². The highest BCUT2D eigenvalue weighted by Crippen LogP contribution is 2.31. The molecule has 27 heavy (non-hydrogen) atoms. The molecule has 1 saturated heterocycles. The Kier molecular flexibility index (Phi) is 4.59. The van der Waals surface area contributed by atoms with Crippen molar-refractivity contribution in [2.45, 2.75) is 19.8 Å². The van der Waals surface area contributed by atoms with E-state index in [1.54, 1.807) is 9.58 Å². The van der Waals surface area contributed by atoms with E-state index in [1.165, 1.54) is 0 Å². The van der Waals surface area contributed by atoms with Crippen molar-refractivity contribution in [3.8, 4) is 11.3 Å². The van der Waals surface area contributed by atoms with Gasteiger partial charge in [0.25, 0.3) is 0 Å². The molecule has 142 valence electrons. The Morgan fingerprint density at radius 1 is 1.07 bits per heavy atom. The van der Waals surface area contributed by atoms with Gasteiger partial charge in [0.15, 0.2) is 0 Å². The van der Waals surface area contributed by atoms with Crippen LogP contribution in [0.25, 0.3) is 11.3 Å². The number of aryl methyl sites for hydroxylation is 2. The normalized spacial score (nSPS) is 17.1. The fraction of sp³-hybridized carbons (Fsp3) is 0.450. The zero-order chi connectivity index (χ0) is 19.0. The summed E-state index contributed by atoms with van der Waals surface area (Å²) >= 11 is 0. The molecule has 1 aliphatic carbocycles. The number of amides is 3. The second-order valence-corrected chi connectivity index (χ2v) is 7.37. The second kappa shape index (κ2) is 7.06. The van der Waals surface area contributed by atoms with E-state index in [4.69, 9.17) is 0 Å². The third-order valence-corrected chi connectivity index (χ3v) is 5.34. The monoisotopic (exact) mass is 367 g/mol. The molecule has 0 bridgehead atoms. The molecule has 2 heterocycles. The highest BCUT2D eigenvalue weighted by molar-refractivity contribution is 5.89. The first-order valence-electron chi connectivity index (χ1n) is 9.47. The quantitative estimate of drug-likeness (QED) is 0.906. The number of urea groups is 1. The molecule has 7 heteroatoms. The van der Waals surface area contributed by atoms with Crippen LogP contribution in [0.1, 0.15) is 18.4 Å². The molecule has 0 spiro atoms. The van der Waals surface area contributed by atoms with E-state index < -0.39 is 0 Å². The van der Waals surface area contributed by atoms with E-state index in [-0.39, 0.29) is 17.9 Å². The molecule has 2 fully saturated rings. The van der Waals surface area contributed by atoms with Crippen LogP contribution in [-0.2, 0) is 11.8 Å². The summed E-state index contributed by atoms with van der Waals surface area (Å²) in [5.41, 5.74) is 3.04. The van der Waals surface area contributed by atoms with Crippen molar-refractivity contribution in [3.63, 3.8) is 0 Å². The van der Waals surface area contributed by atoms with Crippen molar-refractivity contribution < 1.29 is 9.59 Å². The number of nitrogens with zero attached hydrogens (tertiary/aromatic N) is 4. The van der Waals surface area contributed by atoms with E-state index in [1.807, 2.05) is 49.2 Å². The van der Waals surface area contributed by atoms with Crippen LogP contribution in [0.15, 0.2) is 30.3 Å². The van der Waals surface area contributed by atoms with Crippen LogP contribution in [0.2, 0.25) is 0 Å². The highest BCUT2D eigenvalue weighted by atomic mass is 16.2. The molecular formula is C20H25N5O2. The van der Waals surface area contributed by atoms with Crippen LogP contribution < -0.4 is 5.32 Å². The van der Waals surface area contributed by atoms with E-state index >= 15 is 0 Å². The van der Waals surface area contributed by atoms with E-state index in [9.17, 15) is 9.59 Å². The van der Waals surface area contributed by atoms with Gasteiger partial charge in [-0.15, -0.1) is 0 Å². The third-order valence-electron chi connectivity index (χ3n) is 5.34. The van der Waals surface area contributed by atoms with Gasteiger partial charge in [-0.2, -0.15) is 5.10 Å². The Morgan fingerprint density at radius 2 is 1.74 bits per heavy atom. The zero-order valence-corrected chi connectivity index (χ0v) is 15.8. The molecule has 0 radical (unpaired) electrons. The van der Waals surface area contributed by atoms with Crippen LogP contribution in [0.4, 0.5) is 10.6 Å². The van der Waals surface area contributed by atoms with Crippen molar-refractivity contribution >= 4 is 17.8 Å². The predicted molar refractivity (Wildman–Crippen MR) is 103 cm³/mol. The lowest BCUT2D eigenvalue weighted by atomic mass is 10.1. The molecule has 4 rings (SSSR count). The summed E-state index contributed by atoms with van der Waals surface area (Å²) in [4.78, 5) is 28.4. The van der Waals surface area contributed by atoms with Gasteiger partial charge in [-0.05, 0) is 25.3 Å². The summed E-state index contributed by atoms with van der Waals surface area (Å²) < 4.78 is 1.69. The number of hydrogen-bond acceptors (Lipinski definition) is 3. The summed E-state index contributed by atoms with van der Waals surface area (Å²) in [6.07, 6.45) is 2.03. The minimum absolute atomic E-state index is 0.146. The maximum Gasteiger partial charge on any atom is 0.323 e. The standard InChI is InChI=1S/C20H25N5O2/c1-14-5-3-4-6-16(14)17-13-18(23(2)22-17)21-20(27)25-11-9-24(10-12-25)19(26)15-7-8-15/h3-6,13,15H,7-12H2,1-2H3,(H,21,27).